The van der Waals surface area contributed by atoms with Crippen LogP contribution < -0.4 is 4.74 Å². The second-order valence-corrected chi connectivity index (χ2v) is 6.58. The molecule has 0 bridgehead atoms. The second kappa shape index (κ2) is 5.35. The van der Waals surface area contributed by atoms with Gasteiger partial charge in [-0.15, -0.1) is 0 Å². The van der Waals surface area contributed by atoms with E-state index in [4.69, 9.17) is 15.0 Å². The zero-order valence-corrected chi connectivity index (χ0v) is 14.1. The van der Waals surface area contributed by atoms with Gasteiger partial charge in [-0.2, -0.15) is 5.26 Å². The van der Waals surface area contributed by atoms with Crippen molar-refractivity contribution in [1.29, 1.82) is 5.26 Å². The van der Waals surface area contributed by atoms with E-state index in [2.05, 4.69) is 32.0 Å². The smallest absolute Gasteiger partial charge is 0.123 e. The highest BCUT2D eigenvalue weighted by atomic mass is 16.5. The molecular formula is C21H18N2O. The predicted molar refractivity (Wildman–Crippen MR) is 95.3 cm³/mol. The minimum atomic E-state index is 0.384. The Bertz CT molecular complexity index is 1010. The molecule has 4 rings (SSSR count). The van der Waals surface area contributed by atoms with Gasteiger partial charge in [0.15, 0.2) is 0 Å². The third-order valence-corrected chi connectivity index (χ3v) is 4.84. The topological polar surface area (TPSA) is 45.9 Å². The highest BCUT2D eigenvalue weighted by Gasteiger charge is 2.22. The lowest BCUT2D eigenvalue weighted by Crippen LogP contribution is -1.97. The van der Waals surface area contributed by atoms with Gasteiger partial charge < -0.3 is 4.74 Å². The lowest BCUT2D eigenvalue weighted by molar-refractivity contribution is 0.408. The Hall–Kier alpha value is -2.86. The van der Waals surface area contributed by atoms with Crippen molar-refractivity contribution in [2.24, 2.45) is 0 Å². The van der Waals surface area contributed by atoms with Crippen LogP contribution in [0, 0.1) is 11.3 Å². The van der Waals surface area contributed by atoms with Gasteiger partial charge in [0.1, 0.15) is 5.75 Å². The van der Waals surface area contributed by atoms with E-state index in [0.29, 0.717) is 11.5 Å². The molecule has 0 unspecified atom stereocenters. The number of nitrogens with zero attached hydrogens (tertiary/aromatic N) is 2. The Labute approximate surface area is 141 Å². The van der Waals surface area contributed by atoms with Crippen molar-refractivity contribution in [1.82, 2.24) is 4.98 Å². The summed E-state index contributed by atoms with van der Waals surface area (Å²) in [6.45, 7) is 4.33. The van der Waals surface area contributed by atoms with Crippen LogP contribution in [0.2, 0.25) is 0 Å². The molecule has 0 saturated heterocycles. The molecule has 118 valence electrons. The van der Waals surface area contributed by atoms with Crippen LogP contribution in [0.15, 0.2) is 36.5 Å². The number of benzene rings is 2. The largest absolute Gasteiger partial charge is 0.496 e. The SMILES string of the molecule is COc1cc2c3c(cnc2cc1C(C)C)-c1ccc(C#N)cc1C3. The van der Waals surface area contributed by atoms with Gasteiger partial charge in [-0.05, 0) is 58.9 Å². The molecule has 0 N–H and O–H groups in total. The summed E-state index contributed by atoms with van der Waals surface area (Å²) in [4.78, 5) is 4.69. The monoisotopic (exact) mass is 314 g/mol. The van der Waals surface area contributed by atoms with Gasteiger partial charge in [-0.25, -0.2) is 0 Å². The Morgan fingerprint density at radius 3 is 2.71 bits per heavy atom. The fourth-order valence-corrected chi connectivity index (χ4v) is 3.60. The zero-order valence-electron chi connectivity index (χ0n) is 14.1. The van der Waals surface area contributed by atoms with E-state index in [1.807, 2.05) is 24.4 Å². The van der Waals surface area contributed by atoms with Crippen molar-refractivity contribution in [3.8, 4) is 22.9 Å². The van der Waals surface area contributed by atoms with Gasteiger partial charge >= 0.3 is 0 Å². The number of pyridine rings is 1. The lowest BCUT2D eigenvalue weighted by atomic mass is 9.97. The maximum atomic E-state index is 9.13. The molecule has 1 aliphatic rings. The van der Waals surface area contributed by atoms with Gasteiger partial charge in [-0.1, -0.05) is 19.9 Å². The average molecular weight is 314 g/mol. The van der Waals surface area contributed by atoms with Gasteiger partial charge in [0.05, 0.1) is 24.3 Å². The number of aromatic nitrogens is 1. The first-order valence-electron chi connectivity index (χ1n) is 8.15. The first-order chi connectivity index (χ1) is 11.6. The molecule has 0 saturated carbocycles. The summed E-state index contributed by atoms with van der Waals surface area (Å²) in [5.41, 5.74) is 7.72. The van der Waals surface area contributed by atoms with Crippen molar-refractivity contribution in [3.63, 3.8) is 0 Å². The highest BCUT2D eigenvalue weighted by Crippen LogP contribution is 2.42. The fourth-order valence-electron chi connectivity index (χ4n) is 3.60. The van der Waals surface area contributed by atoms with E-state index in [0.717, 1.165) is 23.1 Å². The molecule has 0 aliphatic heterocycles. The Morgan fingerprint density at radius 2 is 2.00 bits per heavy atom. The molecule has 3 nitrogen and oxygen atoms in total. The molecule has 3 aromatic rings. The molecule has 1 aromatic heterocycles. The minimum Gasteiger partial charge on any atom is -0.496 e. The molecule has 3 heteroatoms. The van der Waals surface area contributed by atoms with E-state index in [1.54, 1.807) is 7.11 Å². The maximum Gasteiger partial charge on any atom is 0.123 e. The molecule has 2 aromatic carbocycles. The van der Waals surface area contributed by atoms with Crippen molar-refractivity contribution in [2.45, 2.75) is 26.2 Å². The summed E-state index contributed by atoms with van der Waals surface area (Å²) >= 11 is 0. The van der Waals surface area contributed by atoms with Crippen LogP contribution in [-0.4, -0.2) is 12.1 Å². The third-order valence-electron chi connectivity index (χ3n) is 4.84. The van der Waals surface area contributed by atoms with Gasteiger partial charge in [-0.3, -0.25) is 4.98 Å². The number of hydrogen-bond acceptors (Lipinski definition) is 3. The van der Waals surface area contributed by atoms with E-state index in [9.17, 15) is 0 Å². The van der Waals surface area contributed by atoms with E-state index in [-0.39, 0.29) is 0 Å². The van der Waals surface area contributed by atoms with E-state index >= 15 is 0 Å². The van der Waals surface area contributed by atoms with Gasteiger partial charge in [0, 0.05) is 17.1 Å². The van der Waals surface area contributed by atoms with Crippen LogP contribution in [0.1, 0.15) is 42.0 Å². The summed E-state index contributed by atoms with van der Waals surface area (Å²) in [6.07, 6.45) is 2.80. The van der Waals surface area contributed by atoms with Crippen LogP contribution in [0.3, 0.4) is 0 Å². The third kappa shape index (κ3) is 2.07. The summed E-state index contributed by atoms with van der Waals surface area (Å²) in [6, 6.07) is 12.4. The first-order valence-corrected chi connectivity index (χ1v) is 8.15. The Morgan fingerprint density at radius 1 is 1.17 bits per heavy atom. The lowest BCUT2D eigenvalue weighted by Gasteiger charge is -2.14. The first kappa shape index (κ1) is 14.7. The molecule has 0 radical (unpaired) electrons. The minimum absolute atomic E-state index is 0.384. The average Bonchev–Trinajstić information content (AvgIpc) is 2.98. The maximum absolute atomic E-state index is 9.13. The van der Waals surface area contributed by atoms with E-state index < -0.39 is 0 Å². The summed E-state index contributed by atoms with van der Waals surface area (Å²) < 4.78 is 5.62. The van der Waals surface area contributed by atoms with Crippen molar-refractivity contribution >= 4 is 10.9 Å². The van der Waals surface area contributed by atoms with Crippen molar-refractivity contribution in [2.75, 3.05) is 7.11 Å². The Balaban J connectivity index is 1.96. The highest BCUT2D eigenvalue weighted by molar-refractivity contribution is 5.93. The number of rotatable bonds is 2. The number of methoxy groups -OCH3 is 1. The molecule has 1 heterocycles. The van der Waals surface area contributed by atoms with Crippen LogP contribution in [0.25, 0.3) is 22.0 Å². The summed E-state index contributed by atoms with van der Waals surface area (Å²) in [5, 5.41) is 10.3. The van der Waals surface area contributed by atoms with Crippen LogP contribution in [0.4, 0.5) is 0 Å². The van der Waals surface area contributed by atoms with Crippen LogP contribution in [0.5, 0.6) is 5.75 Å². The standard InChI is InChI=1S/C21H18N2O/c1-12(2)16-8-20-18(9-21(16)24-3)17-7-14-6-13(10-22)4-5-15(14)19(17)11-23-20/h4-6,8-9,11-12H,7H2,1-3H3. The van der Waals surface area contributed by atoms with Gasteiger partial charge in [0.2, 0.25) is 0 Å². The molecular weight excluding hydrogens is 296 g/mol. The number of ether oxygens (including phenoxy) is 1. The van der Waals surface area contributed by atoms with Crippen LogP contribution in [-0.2, 0) is 6.42 Å². The van der Waals surface area contributed by atoms with Crippen molar-refractivity contribution in [3.05, 3.63) is 58.8 Å². The molecule has 0 fully saturated rings. The molecule has 0 amide bonds. The fraction of sp³-hybridized carbons (Fsp3) is 0.238. The number of fused-ring (bicyclic) bond motifs is 5. The predicted octanol–water partition coefficient (Wildman–Crippen LogP) is 4.81. The number of hydrogen-bond donors (Lipinski definition) is 0. The van der Waals surface area contributed by atoms with Crippen LogP contribution >= 0.6 is 0 Å². The molecule has 24 heavy (non-hydrogen) atoms. The Kier molecular flexibility index (Phi) is 3.28. The quantitative estimate of drug-likeness (QED) is 0.533. The van der Waals surface area contributed by atoms with E-state index in [1.165, 1.54) is 27.8 Å². The molecule has 0 atom stereocenters. The molecule has 1 aliphatic carbocycles. The van der Waals surface area contributed by atoms with Gasteiger partial charge in [0.25, 0.3) is 0 Å². The summed E-state index contributed by atoms with van der Waals surface area (Å²) in [5.74, 6) is 1.30. The zero-order chi connectivity index (χ0) is 16.8. The number of nitriles is 1. The van der Waals surface area contributed by atoms with Crippen molar-refractivity contribution < 1.29 is 4.74 Å². The normalized spacial score (nSPS) is 12.1. The summed E-state index contributed by atoms with van der Waals surface area (Å²) in [7, 11) is 1.72. The second-order valence-electron chi connectivity index (χ2n) is 6.58. The molecule has 0 spiro atoms.